The van der Waals surface area contributed by atoms with Crippen molar-refractivity contribution in [2.24, 2.45) is 0 Å². The van der Waals surface area contributed by atoms with Crippen molar-refractivity contribution in [3.63, 3.8) is 0 Å². The quantitative estimate of drug-likeness (QED) is 0.579. The highest BCUT2D eigenvalue weighted by Crippen LogP contribution is 2.26. The molecule has 0 aliphatic rings. The van der Waals surface area contributed by atoms with Gasteiger partial charge in [-0.25, -0.2) is 4.79 Å². The third-order valence-corrected chi connectivity index (χ3v) is 4.21. The summed E-state index contributed by atoms with van der Waals surface area (Å²) in [6, 6.07) is 12.5. The molecule has 0 radical (unpaired) electrons. The van der Waals surface area contributed by atoms with E-state index in [1.807, 2.05) is 65.8 Å². The van der Waals surface area contributed by atoms with Gasteiger partial charge < -0.3 is 19.1 Å². The first-order valence-electron chi connectivity index (χ1n) is 10.3. The van der Waals surface area contributed by atoms with E-state index in [0.717, 1.165) is 5.69 Å². The Balaban J connectivity index is 2.24. The maximum Gasteiger partial charge on any atom is 0.339 e. The number of rotatable bonds is 6. The van der Waals surface area contributed by atoms with Crippen molar-refractivity contribution in [1.29, 1.82) is 0 Å². The minimum atomic E-state index is -0.616. The smallest absolute Gasteiger partial charge is 0.339 e. The second-order valence-electron chi connectivity index (χ2n) is 9.40. The van der Waals surface area contributed by atoms with Crippen LogP contribution in [0.25, 0.3) is 0 Å². The second-order valence-corrected chi connectivity index (χ2v) is 9.40. The van der Waals surface area contributed by atoms with E-state index < -0.39 is 17.2 Å². The lowest BCUT2D eigenvalue weighted by Gasteiger charge is -2.24. The van der Waals surface area contributed by atoms with Crippen LogP contribution in [0.4, 0.5) is 5.69 Å². The molecule has 6 heteroatoms. The Kier molecular flexibility index (Phi) is 7.37. The summed E-state index contributed by atoms with van der Waals surface area (Å²) >= 11 is 0. The van der Waals surface area contributed by atoms with Crippen LogP contribution in [0.1, 0.15) is 64.4 Å². The average molecular weight is 428 g/mol. The Morgan fingerprint density at radius 1 is 0.871 bits per heavy atom. The van der Waals surface area contributed by atoms with Crippen LogP contribution in [0.2, 0.25) is 0 Å². The number of hydrogen-bond donors (Lipinski definition) is 0. The predicted molar refractivity (Wildman–Crippen MR) is 122 cm³/mol. The molecule has 2 aromatic carbocycles. The van der Waals surface area contributed by atoms with Crippen LogP contribution in [-0.2, 0) is 16.1 Å². The molecule has 0 aliphatic carbocycles. The molecule has 0 unspecified atom stereocenters. The Hall–Kier alpha value is -3.02. The SMILES string of the molecule is CC(=O)N(C)c1ccc(OCc2ccc(OC(C)(C)C)cc2C(=O)OC(C)(C)C)cc1. The number of carbonyl (C=O) groups is 2. The molecule has 1 amide bonds. The molecule has 0 fully saturated rings. The normalized spacial score (nSPS) is 11.6. The number of hydrogen-bond acceptors (Lipinski definition) is 5. The van der Waals surface area contributed by atoms with Crippen LogP contribution >= 0.6 is 0 Å². The molecule has 2 aromatic rings. The van der Waals surface area contributed by atoms with Gasteiger partial charge in [-0.3, -0.25) is 4.79 Å². The molecule has 31 heavy (non-hydrogen) atoms. The summed E-state index contributed by atoms with van der Waals surface area (Å²) < 4.78 is 17.4. The third kappa shape index (κ3) is 7.63. The Labute approximate surface area is 185 Å². The van der Waals surface area contributed by atoms with E-state index in [1.165, 1.54) is 6.92 Å². The number of anilines is 1. The number of amides is 1. The minimum absolute atomic E-state index is 0.0479. The maximum atomic E-state index is 12.8. The van der Waals surface area contributed by atoms with E-state index in [0.29, 0.717) is 22.6 Å². The molecule has 0 aromatic heterocycles. The van der Waals surface area contributed by atoms with Crippen molar-refractivity contribution in [2.75, 3.05) is 11.9 Å². The van der Waals surface area contributed by atoms with Crippen molar-refractivity contribution in [3.05, 3.63) is 53.6 Å². The highest BCUT2D eigenvalue weighted by molar-refractivity contribution is 5.92. The first-order chi connectivity index (χ1) is 14.2. The largest absolute Gasteiger partial charge is 0.489 e. The van der Waals surface area contributed by atoms with E-state index in [-0.39, 0.29) is 12.5 Å². The number of nitrogens with zero attached hydrogens (tertiary/aromatic N) is 1. The molecular weight excluding hydrogens is 394 g/mol. The molecule has 0 heterocycles. The van der Waals surface area contributed by atoms with Gasteiger partial charge in [-0.2, -0.15) is 0 Å². The van der Waals surface area contributed by atoms with Crippen molar-refractivity contribution in [2.45, 2.75) is 66.3 Å². The monoisotopic (exact) mass is 427 g/mol. The van der Waals surface area contributed by atoms with E-state index >= 15 is 0 Å². The summed E-state index contributed by atoms with van der Waals surface area (Å²) in [5.41, 5.74) is 0.871. The van der Waals surface area contributed by atoms with Gasteiger partial charge in [-0.05, 0) is 77.9 Å². The minimum Gasteiger partial charge on any atom is -0.489 e. The average Bonchev–Trinajstić information content (AvgIpc) is 2.64. The van der Waals surface area contributed by atoms with E-state index in [9.17, 15) is 9.59 Å². The number of esters is 1. The lowest BCUT2D eigenvalue weighted by atomic mass is 10.1. The lowest BCUT2D eigenvalue weighted by molar-refractivity contribution is -0.116. The van der Waals surface area contributed by atoms with Crippen LogP contribution in [0.3, 0.4) is 0 Å². The summed E-state index contributed by atoms with van der Waals surface area (Å²) in [5, 5.41) is 0. The standard InChI is InChI=1S/C25H33NO5/c1-17(27)26(8)19-10-13-20(14-11-19)29-16-18-9-12-21(30-24(2,3)4)15-22(18)23(28)31-25(5,6)7/h9-15H,16H2,1-8H3. The number of benzene rings is 2. The van der Waals surface area contributed by atoms with Crippen molar-refractivity contribution >= 4 is 17.6 Å². The number of carbonyl (C=O) groups excluding carboxylic acids is 2. The molecule has 0 bridgehead atoms. The Bertz CT molecular complexity index is 920. The van der Waals surface area contributed by atoms with Crippen LogP contribution in [0.5, 0.6) is 11.5 Å². The molecule has 0 saturated heterocycles. The maximum absolute atomic E-state index is 12.8. The summed E-state index contributed by atoms with van der Waals surface area (Å²) in [5.74, 6) is 0.747. The topological polar surface area (TPSA) is 65.1 Å². The fourth-order valence-corrected chi connectivity index (χ4v) is 2.73. The van der Waals surface area contributed by atoms with Crippen LogP contribution in [0.15, 0.2) is 42.5 Å². The zero-order valence-electron chi connectivity index (χ0n) is 19.7. The number of ether oxygens (including phenoxy) is 3. The third-order valence-electron chi connectivity index (χ3n) is 4.21. The van der Waals surface area contributed by atoms with Crippen molar-refractivity contribution < 1.29 is 23.8 Å². The zero-order chi connectivity index (χ0) is 23.4. The van der Waals surface area contributed by atoms with Gasteiger partial charge >= 0.3 is 5.97 Å². The molecule has 0 saturated carbocycles. The molecule has 168 valence electrons. The summed E-state index contributed by atoms with van der Waals surface area (Å²) in [7, 11) is 1.71. The van der Waals surface area contributed by atoms with Crippen LogP contribution in [0, 0.1) is 0 Å². The van der Waals surface area contributed by atoms with Gasteiger partial charge in [0.15, 0.2) is 0 Å². The molecule has 0 atom stereocenters. The van der Waals surface area contributed by atoms with Gasteiger partial charge in [-0.1, -0.05) is 6.07 Å². The lowest BCUT2D eigenvalue weighted by Crippen LogP contribution is -2.26. The summed E-state index contributed by atoms with van der Waals surface area (Å²) in [6.45, 7) is 13.0. The van der Waals surface area contributed by atoms with Crippen molar-refractivity contribution in [1.82, 2.24) is 0 Å². The highest BCUT2D eigenvalue weighted by atomic mass is 16.6. The Morgan fingerprint density at radius 2 is 1.45 bits per heavy atom. The van der Waals surface area contributed by atoms with E-state index in [1.54, 1.807) is 30.1 Å². The predicted octanol–water partition coefficient (Wildman–Crippen LogP) is 5.38. The first kappa shape index (κ1) is 24.3. The highest BCUT2D eigenvalue weighted by Gasteiger charge is 2.22. The van der Waals surface area contributed by atoms with Gasteiger partial charge in [0.25, 0.3) is 0 Å². The van der Waals surface area contributed by atoms with Crippen molar-refractivity contribution in [3.8, 4) is 11.5 Å². The first-order valence-corrected chi connectivity index (χ1v) is 10.3. The fraction of sp³-hybridized carbons (Fsp3) is 0.440. The molecule has 0 spiro atoms. The van der Waals surface area contributed by atoms with Crippen LogP contribution in [-0.4, -0.2) is 30.1 Å². The Morgan fingerprint density at radius 3 is 1.97 bits per heavy atom. The van der Waals surface area contributed by atoms with Gasteiger partial charge in [0.1, 0.15) is 29.3 Å². The van der Waals surface area contributed by atoms with Gasteiger partial charge in [0, 0.05) is 25.2 Å². The fourth-order valence-electron chi connectivity index (χ4n) is 2.73. The van der Waals surface area contributed by atoms with Crippen LogP contribution < -0.4 is 14.4 Å². The molecule has 2 rings (SSSR count). The van der Waals surface area contributed by atoms with Gasteiger partial charge in [0.05, 0.1) is 5.56 Å². The molecule has 0 aliphatic heterocycles. The zero-order valence-corrected chi connectivity index (χ0v) is 19.7. The summed E-state index contributed by atoms with van der Waals surface area (Å²) in [6.07, 6.45) is 0. The molecule has 0 N–H and O–H groups in total. The molecular formula is C25H33NO5. The summed E-state index contributed by atoms with van der Waals surface area (Å²) in [4.78, 5) is 25.9. The second kappa shape index (κ2) is 9.41. The molecule has 6 nitrogen and oxygen atoms in total. The van der Waals surface area contributed by atoms with Gasteiger partial charge in [0.2, 0.25) is 5.91 Å². The van der Waals surface area contributed by atoms with E-state index in [4.69, 9.17) is 14.2 Å². The van der Waals surface area contributed by atoms with Gasteiger partial charge in [-0.15, -0.1) is 0 Å². The van der Waals surface area contributed by atoms with E-state index in [2.05, 4.69) is 0 Å².